The molecule has 104 valence electrons. The van der Waals surface area contributed by atoms with Gasteiger partial charge in [0, 0.05) is 0 Å². The fourth-order valence-corrected chi connectivity index (χ4v) is 1.95. The maximum absolute atomic E-state index is 12.0. The molecule has 5 nitrogen and oxygen atoms in total. The lowest BCUT2D eigenvalue weighted by atomic mass is 10.1. The van der Waals surface area contributed by atoms with Crippen LogP contribution in [0.3, 0.4) is 0 Å². The van der Waals surface area contributed by atoms with Crippen molar-refractivity contribution >= 4 is 11.8 Å². The number of ether oxygens (including phenoxy) is 2. The first-order chi connectivity index (χ1) is 9.75. The quantitative estimate of drug-likeness (QED) is 0.421. The molecular weight excluding hydrogens is 258 g/mol. The first-order valence-corrected chi connectivity index (χ1v) is 6.30. The smallest absolute Gasteiger partial charge is 0.261 e. The molecule has 0 aromatic heterocycles. The number of carbonyl (C=O) groups is 2. The van der Waals surface area contributed by atoms with Gasteiger partial charge in [0.1, 0.15) is 6.61 Å². The molecule has 0 saturated carbocycles. The Morgan fingerprint density at radius 1 is 1.00 bits per heavy atom. The molecule has 2 rings (SSSR count). The molecule has 0 N–H and O–H groups in total. The van der Waals surface area contributed by atoms with Crippen molar-refractivity contribution in [2.24, 2.45) is 0 Å². The predicted molar refractivity (Wildman–Crippen MR) is 72.3 cm³/mol. The minimum absolute atomic E-state index is 0.238. The summed E-state index contributed by atoms with van der Waals surface area (Å²) < 4.78 is 10.3. The number of nitrogens with zero attached hydrogens (tertiary/aromatic N) is 1. The Balaban J connectivity index is 1.77. The molecule has 0 atom stereocenters. The third kappa shape index (κ3) is 3.05. The lowest BCUT2D eigenvalue weighted by molar-refractivity contribution is 0.0419. The molecule has 0 unspecified atom stereocenters. The molecule has 0 aliphatic carbocycles. The second-order valence-corrected chi connectivity index (χ2v) is 4.18. The average Bonchev–Trinajstić information content (AvgIpc) is 2.71. The number of terminal acetylenes is 1. The Kier molecular flexibility index (Phi) is 4.88. The van der Waals surface area contributed by atoms with Crippen LogP contribution in [0.4, 0.5) is 0 Å². The van der Waals surface area contributed by atoms with Crippen molar-refractivity contribution in [3.63, 3.8) is 0 Å². The SMILES string of the molecule is C#CCOCCOCCN1C(=O)c2ccccc2C1=O. The van der Waals surface area contributed by atoms with Gasteiger partial charge in [0.15, 0.2) is 0 Å². The van der Waals surface area contributed by atoms with Gasteiger partial charge < -0.3 is 9.47 Å². The van der Waals surface area contributed by atoms with Gasteiger partial charge in [-0.15, -0.1) is 6.42 Å². The molecule has 0 spiro atoms. The van der Waals surface area contributed by atoms with Crippen LogP contribution in [0, 0.1) is 12.3 Å². The zero-order valence-electron chi connectivity index (χ0n) is 11.0. The van der Waals surface area contributed by atoms with Gasteiger partial charge in [-0.1, -0.05) is 18.1 Å². The maximum Gasteiger partial charge on any atom is 0.261 e. The Morgan fingerprint density at radius 2 is 1.60 bits per heavy atom. The summed E-state index contributed by atoms with van der Waals surface area (Å²) in [6, 6.07) is 6.80. The van der Waals surface area contributed by atoms with E-state index >= 15 is 0 Å². The molecule has 1 heterocycles. The molecule has 1 aromatic rings. The summed E-state index contributed by atoms with van der Waals surface area (Å²) >= 11 is 0. The molecule has 1 aliphatic heterocycles. The molecule has 0 radical (unpaired) electrons. The lowest BCUT2D eigenvalue weighted by Gasteiger charge is -2.13. The van der Waals surface area contributed by atoms with E-state index in [1.54, 1.807) is 24.3 Å². The van der Waals surface area contributed by atoms with E-state index in [0.717, 1.165) is 0 Å². The van der Waals surface area contributed by atoms with E-state index in [-0.39, 0.29) is 31.6 Å². The van der Waals surface area contributed by atoms with Crippen LogP contribution in [0.25, 0.3) is 0 Å². The van der Waals surface area contributed by atoms with Crippen LogP contribution in [-0.4, -0.2) is 49.7 Å². The van der Waals surface area contributed by atoms with Crippen molar-refractivity contribution < 1.29 is 19.1 Å². The van der Waals surface area contributed by atoms with Crippen molar-refractivity contribution in [3.8, 4) is 12.3 Å². The number of amides is 2. The van der Waals surface area contributed by atoms with Gasteiger partial charge in [0.05, 0.1) is 37.5 Å². The molecule has 0 fully saturated rings. The maximum atomic E-state index is 12.0. The van der Waals surface area contributed by atoms with Gasteiger partial charge in [0.25, 0.3) is 11.8 Å². The second kappa shape index (κ2) is 6.85. The Labute approximate surface area is 117 Å². The molecule has 5 heteroatoms. The van der Waals surface area contributed by atoms with Crippen molar-refractivity contribution in [3.05, 3.63) is 35.4 Å². The number of rotatable bonds is 7. The number of benzene rings is 1. The van der Waals surface area contributed by atoms with Crippen LogP contribution in [0.5, 0.6) is 0 Å². The van der Waals surface area contributed by atoms with Crippen LogP contribution in [0.2, 0.25) is 0 Å². The van der Waals surface area contributed by atoms with Crippen LogP contribution in [0.15, 0.2) is 24.3 Å². The van der Waals surface area contributed by atoms with Crippen molar-refractivity contribution in [2.75, 3.05) is 33.0 Å². The molecule has 2 amide bonds. The minimum Gasteiger partial charge on any atom is -0.377 e. The van der Waals surface area contributed by atoms with Gasteiger partial charge in [-0.3, -0.25) is 14.5 Å². The fourth-order valence-electron chi connectivity index (χ4n) is 1.95. The van der Waals surface area contributed by atoms with Gasteiger partial charge in [-0.05, 0) is 12.1 Å². The average molecular weight is 273 g/mol. The van der Waals surface area contributed by atoms with Gasteiger partial charge in [-0.25, -0.2) is 0 Å². The van der Waals surface area contributed by atoms with Gasteiger partial charge >= 0.3 is 0 Å². The van der Waals surface area contributed by atoms with Gasteiger partial charge in [0.2, 0.25) is 0 Å². The number of imide groups is 1. The Bertz CT molecular complexity index is 512. The Hall–Kier alpha value is -2.16. The molecule has 0 bridgehead atoms. The van der Waals surface area contributed by atoms with E-state index in [0.29, 0.717) is 24.3 Å². The highest BCUT2D eigenvalue weighted by Crippen LogP contribution is 2.21. The summed E-state index contributed by atoms with van der Waals surface area (Å²) in [5.41, 5.74) is 0.907. The highest BCUT2D eigenvalue weighted by molar-refractivity contribution is 6.21. The van der Waals surface area contributed by atoms with E-state index in [1.165, 1.54) is 4.90 Å². The largest absolute Gasteiger partial charge is 0.377 e. The zero-order valence-corrected chi connectivity index (χ0v) is 11.0. The second-order valence-electron chi connectivity index (χ2n) is 4.18. The van der Waals surface area contributed by atoms with Crippen LogP contribution in [-0.2, 0) is 9.47 Å². The number of carbonyl (C=O) groups excluding carboxylic acids is 2. The summed E-state index contributed by atoms with van der Waals surface area (Å²) in [5, 5.41) is 0. The molecule has 1 aromatic carbocycles. The Morgan fingerprint density at radius 3 is 2.20 bits per heavy atom. The normalized spacial score (nSPS) is 13.4. The first kappa shape index (κ1) is 14.3. The topological polar surface area (TPSA) is 55.8 Å². The number of fused-ring (bicyclic) bond motifs is 1. The van der Waals surface area contributed by atoms with E-state index < -0.39 is 0 Å². The van der Waals surface area contributed by atoms with E-state index in [4.69, 9.17) is 15.9 Å². The third-order valence-corrected chi connectivity index (χ3v) is 2.89. The summed E-state index contributed by atoms with van der Waals surface area (Å²) in [7, 11) is 0. The molecular formula is C15H15NO4. The highest BCUT2D eigenvalue weighted by Gasteiger charge is 2.34. The molecule has 0 saturated heterocycles. The number of hydrogen-bond donors (Lipinski definition) is 0. The van der Waals surface area contributed by atoms with Crippen LogP contribution >= 0.6 is 0 Å². The van der Waals surface area contributed by atoms with Crippen molar-refractivity contribution in [2.45, 2.75) is 0 Å². The molecule has 20 heavy (non-hydrogen) atoms. The summed E-state index contributed by atoms with van der Waals surface area (Å²) in [6.07, 6.45) is 5.03. The summed E-state index contributed by atoms with van der Waals surface area (Å²) in [5.74, 6) is 1.82. The zero-order chi connectivity index (χ0) is 14.4. The van der Waals surface area contributed by atoms with Crippen molar-refractivity contribution in [1.29, 1.82) is 0 Å². The first-order valence-electron chi connectivity index (χ1n) is 6.30. The lowest BCUT2D eigenvalue weighted by Crippen LogP contribution is -2.33. The van der Waals surface area contributed by atoms with E-state index in [9.17, 15) is 9.59 Å². The van der Waals surface area contributed by atoms with Crippen molar-refractivity contribution in [1.82, 2.24) is 4.90 Å². The van der Waals surface area contributed by atoms with Crippen LogP contribution in [0.1, 0.15) is 20.7 Å². The number of hydrogen-bond acceptors (Lipinski definition) is 4. The third-order valence-electron chi connectivity index (χ3n) is 2.89. The minimum atomic E-state index is -0.266. The van der Waals surface area contributed by atoms with Crippen LogP contribution < -0.4 is 0 Å². The van der Waals surface area contributed by atoms with E-state index in [1.807, 2.05) is 0 Å². The standard InChI is InChI=1S/C15H15NO4/c1-2-8-19-10-11-20-9-7-16-14(17)12-5-3-4-6-13(12)15(16)18/h1,3-6H,7-11H2. The predicted octanol–water partition coefficient (Wildman–Crippen LogP) is 0.949. The fraction of sp³-hybridized carbons (Fsp3) is 0.333. The summed E-state index contributed by atoms with van der Waals surface area (Å²) in [6.45, 7) is 1.55. The van der Waals surface area contributed by atoms with Gasteiger partial charge in [-0.2, -0.15) is 0 Å². The highest BCUT2D eigenvalue weighted by atomic mass is 16.5. The molecule has 1 aliphatic rings. The summed E-state index contributed by atoms with van der Waals surface area (Å²) in [4.78, 5) is 25.2. The monoisotopic (exact) mass is 273 g/mol. The van der Waals surface area contributed by atoms with E-state index in [2.05, 4.69) is 5.92 Å².